The number of aliphatic carboxylic acids is 1. The van der Waals surface area contributed by atoms with Gasteiger partial charge in [0.1, 0.15) is 6.54 Å². The molecule has 1 amide bonds. The van der Waals surface area contributed by atoms with Crippen LogP contribution in [0.25, 0.3) is 0 Å². The Morgan fingerprint density at radius 2 is 1.91 bits per heavy atom. The lowest BCUT2D eigenvalue weighted by Crippen LogP contribution is -2.29. The van der Waals surface area contributed by atoms with E-state index in [-0.39, 0.29) is 16.3 Å². The average molecular weight is 338 g/mol. The number of aromatic nitrogens is 2. The molecule has 0 aliphatic heterocycles. The van der Waals surface area contributed by atoms with Crippen molar-refractivity contribution in [3.8, 4) is 0 Å². The van der Waals surface area contributed by atoms with Crippen LogP contribution in [0, 0.1) is 0 Å². The molecule has 122 valence electrons. The highest BCUT2D eigenvalue weighted by Gasteiger charge is 2.17. The number of benzene rings is 1. The van der Waals surface area contributed by atoms with E-state index < -0.39 is 28.4 Å². The molecule has 1 aromatic heterocycles. The number of carbonyl (C=O) groups excluding carboxylic acids is 1. The summed E-state index contributed by atoms with van der Waals surface area (Å²) in [5.74, 6) is -1.72. The molecule has 2 rings (SSSR count). The molecule has 0 saturated heterocycles. The minimum atomic E-state index is -3.81. The van der Waals surface area contributed by atoms with E-state index in [1.165, 1.54) is 41.4 Å². The Hall–Kier alpha value is -2.88. The molecular weight excluding hydrogens is 324 g/mol. The Labute approximate surface area is 132 Å². The van der Waals surface area contributed by atoms with Crippen molar-refractivity contribution < 1.29 is 23.1 Å². The first kappa shape index (κ1) is 16.5. The quantitative estimate of drug-likeness (QED) is 0.681. The monoisotopic (exact) mass is 338 g/mol. The van der Waals surface area contributed by atoms with E-state index in [1.54, 1.807) is 7.05 Å². The first-order chi connectivity index (χ1) is 10.8. The third-order valence-electron chi connectivity index (χ3n) is 2.76. The van der Waals surface area contributed by atoms with Crippen LogP contribution in [0.15, 0.2) is 41.8 Å². The Morgan fingerprint density at radius 1 is 1.26 bits per heavy atom. The number of rotatable bonds is 6. The molecule has 0 radical (unpaired) electrons. The number of aryl methyl sites for hydroxylation is 1. The van der Waals surface area contributed by atoms with E-state index in [4.69, 9.17) is 5.11 Å². The summed E-state index contributed by atoms with van der Waals surface area (Å²) in [6.45, 7) is -0.493. The standard InChI is InChI=1S/C13H14N4O5S/c1-17-7-11(15-8-17)23(21,22)16-10-4-2-9(3-5-10)13(20)14-6-12(18)19/h2-5,7-8,16H,6H2,1H3,(H,14,20)(H,18,19). The third-order valence-corrected chi connectivity index (χ3v) is 4.02. The molecule has 0 saturated carbocycles. The maximum Gasteiger partial charge on any atom is 0.322 e. The molecule has 2 aromatic rings. The van der Waals surface area contributed by atoms with Crippen LogP contribution in [0.2, 0.25) is 0 Å². The maximum absolute atomic E-state index is 12.1. The van der Waals surface area contributed by atoms with Gasteiger partial charge in [-0.25, -0.2) is 4.98 Å². The molecule has 0 aliphatic carbocycles. The van der Waals surface area contributed by atoms with Gasteiger partial charge >= 0.3 is 5.97 Å². The smallest absolute Gasteiger partial charge is 0.322 e. The zero-order valence-electron chi connectivity index (χ0n) is 12.1. The van der Waals surface area contributed by atoms with Crippen molar-refractivity contribution >= 4 is 27.6 Å². The predicted molar refractivity (Wildman–Crippen MR) is 80.4 cm³/mol. The highest BCUT2D eigenvalue weighted by Crippen LogP contribution is 2.15. The van der Waals surface area contributed by atoms with Crippen molar-refractivity contribution in [2.24, 2.45) is 7.05 Å². The number of anilines is 1. The Morgan fingerprint density at radius 3 is 2.43 bits per heavy atom. The minimum absolute atomic E-state index is 0.122. The van der Waals surface area contributed by atoms with Crippen molar-refractivity contribution in [1.82, 2.24) is 14.9 Å². The van der Waals surface area contributed by atoms with Gasteiger partial charge in [0.2, 0.25) is 0 Å². The fourth-order valence-electron chi connectivity index (χ4n) is 1.68. The van der Waals surface area contributed by atoms with Crippen LogP contribution in [-0.2, 0) is 21.9 Å². The number of imidazole rings is 1. The number of hydrogen-bond acceptors (Lipinski definition) is 5. The van der Waals surface area contributed by atoms with Crippen molar-refractivity contribution in [2.75, 3.05) is 11.3 Å². The number of carboxylic acids is 1. The van der Waals surface area contributed by atoms with Crippen LogP contribution in [0.1, 0.15) is 10.4 Å². The summed E-state index contributed by atoms with van der Waals surface area (Å²) in [5, 5.41) is 10.6. The highest BCUT2D eigenvalue weighted by atomic mass is 32.2. The number of carbonyl (C=O) groups is 2. The van der Waals surface area contributed by atoms with Gasteiger partial charge in [0, 0.05) is 24.5 Å². The number of amides is 1. The van der Waals surface area contributed by atoms with Crippen LogP contribution in [0.5, 0.6) is 0 Å². The summed E-state index contributed by atoms with van der Waals surface area (Å²) >= 11 is 0. The first-order valence-electron chi connectivity index (χ1n) is 6.39. The van der Waals surface area contributed by atoms with E-state index in [9.17, 15) is 18.0 Å². The molecule has 0 bridgehead atoms. The number of carboxylic acid groups (broad SMARTS) is 1. The molecule has 1 heterocycles. The van der Waals surface area contributed by atoms with E-state index in [1.807, 2.05) is 0 Å². The number of nitrogens with one attached hydrogen (secondary N) is 2. The van der Waals surface area contributed by atoms with Gasteiger partial charge in [-0.1, -0.05) is 0 Å². The molecule has 9 nitrogen and oxygen atoms in total. The molecule has 0 unspecified atom stereocenters. The van der Waals surface area contributed by atoms with Crippen molar-refractivity contribution in [2.45, 2.75) is 5.03 Å². The summed E-state index contributed by atoms with van der Waals surface area (Å²) in [6, 6.07) is 5.56. The van der Waals surface area contributed by atoms with Crippen LogP contribution < -0.4 is 10.0 Å². The normalized spacial score (nSPS) is 11.0. The highest BCUT2D eigenvalue weighted by molar-refractivity contribution is 7.92. The molecule has 3 N–H and O–H groups in total. The van der Waals surface area contributed by atoms with Crippen LogP contribution in [0.3, 0.4) is 0 Å². The lowest BCUT2D eigenvalue weighted by molar-refractivity contribution is -0.135. The Balaban J connectivity index is 2.08. The maximum atomic E-state index is 12.1. The molecule has 0 aliphatic rings. The molecule has 1 aromatic carbocycles. The summed E-state index contributed by atoms with van der Waals surface area (Å²) < 4.78 is 28.0. The second kappa shape index (κ2) is 6.48. The van der Waals surface area contributed by atoms with Crippen molar-refractivity contribution in [1.29, 1.82) is 0 Å². The van der Waals surface area contributed by atoms with Crippen LogP contribution >= 0.6 is 0 Å². The molecule has 10 heteroatoms. The van der Waals surface area contributed by atoms with Gasteiger partial charge in [0.15, 0.2) is 5.03 Å². The van der Waals surface area contributed by atoms with E-state index >= 15 is 0 Å². The lowest BCUT2D eigenvalue weighted by atomic mass is 10.2. The molecule has 0 spiro atoms. The van der Waals surface area contributed by atoms with E-state index in [0.29, 0.717) is 0 Å². The number of hydrogen-bond donors (Lipinski definition) is 3. The van der Waals surface area contributed by atoms with Gasteiger partial charge in [-0.15, -0.1) is 0 Å². The second-order valence-electron chi connectivity index (χ2n) is 4.64. The number of nitrogens with zero attached hydrogens (tertiary/aromatic N) is 2. The topological polar surface area (TPSA) is 130 Å². The summed E-state index contributed by atoms with van der Waals surface area (Å²) in [6.07, 6.45) is 2.72. The fraction of sp³-hybridized carbons (Fsp3) is 0.154. The Bertz CT molecular complexity index is 826. The Kier molecular flexibility index (Phi) is 4.65. The van der Waals surface area contributed by atoms with E-state index in [2.05, 4.69) is 15.0 Å². The zero-order valence-corrected chi connectivity index (χ0v) is 12.9. The van der Waals surface area contributed by atoms with E-state index in [0.717, 1.165) is 0 Å². The summed E-state index contributed by atoms with van der Waals surface area (Å²) in [5.41, 5.74) is 0.470. The summed E-state index contributed by atoms with van der Waals surface area (Å²) in [7, 11) is -2.16. The minimum Gasteiger partial charge on any atom is -0.480 e. The molecule has 0 fully saturated rings. The third kappa shape index (κ3) is 4.30. The predicted octanol–water partition coefficient (Wildman–Crippen LogP) is 0.0353. The average Bonchev–Trinajstić information content (AvgIpc) is 2.92. The van der Waals surface area contributed by atoms with Gasteiger partial charge in [-0.2, -0.15) is 8.42 Å². The molecule has 0 atom stereocenters. The first-order valence-corrected chi connectivity index (χ1v) is 7.87. The fourth-order valence-corrected chi connectivity index (χ4v) is 2.72. The van der Waals surface area contributed by atoms with Gasteiger partial charge < -0.3 is 15.0 Å². The molecule has 23 heavy (non-hydrogen) atoms. The van der Waals surface area contributed by atoms with Crippen LogP contribution in [0.4, 0.5) is 5.69 Å². The van der Waals surface area contributed by atoms with Gasteiger partial charge in [-0.05, 0) is 24.3 Å². The lowest BCUT2D eigenvalue weighted by Gasteiger charge is -2.07. The van der Waals surface area contributed by atoms with Gasteiger partial charge in [-0.3, -0.25) is 14.3 Å². The number of sulfonamides is 1. The molecular formula is C13H14N4O5S. The van der Waals surface area contributed by atoms with Crippen LogP contribution in [-0.4, -0.2) is 41.5 Å². The SMILES string of the molecule is Cn1cnc(S(=O)(=O)Nc2ccc(C(=O)NCC(=O)O)cc2)c1. The van der Waals surface area contributed by atoms with Crippen molar-refractivity contribution in [3.63, 3.8) is 0 Å². The second-order valence-corrected chi connectivity index (χ2v) is 6.27. The zero-order chi connectivity index (χ0) is 17.0. The summed E-state index contributed by atoms with van der Waals surface area (Å²) in [4.78, 5) is 25.8. The van der Waals surface area contributed by atoms with Gasteiger partial charge in [0.05, 0.1) is 6.33 Å². The van der Waals surface area contributed by atoms with Gasteiger partial charge in [0.25, 0.3) is 15.9 Å². The van der Waals surface area contributed by atoms with Crippen molar-refractivity contribution in [3.05, 3.63) is 42.4 Å². The largest absolute Gasteiger partial charge is 0.480 e.